The van der Waals surface area contributed by atoms with Crippen molar-refractivity contribution in [3.63, 3.8) is 0 Å². The Morgan fingerprint density at radius 1 is 1.25 bits per heavy atom. The van der Waals surface area contributed by atoms with Gasteiger partial charge in [0.15, 0.2) is 11.6 Å². The van der Waals surface area contributed by atoms with Gasteiger partial charge in [0, 0.05) is 16.0 Å². The number of rotatable bonds is 4. The van der Waals surface area contributed by atoms with Crippen molar-refractivity contribution in [2.24, 2.45) is 5.73 Å². The Morgan fingerprint density at radius 2 is 2.00 bits per heavy atom. The van der Waals surface area contributed by atoms with Gasteiger partial charge in [-0.05, 0) is 29.8 Å². The van der Waals surface area contributed by atoms with E-state index in [1.165, 1.54) is 6.07 Å². The first kappa shape index (κ1) is 15.2. The Labute approximate surface area is 128 Å². The molecule has 2 N–H and O–H groups in total. The molecule has 0 radical (unpaired) electrons. The molecule has 0 aliphatic carbocycles. The highest BCUT2D eigenvalue weighted by Gasteiger charge is 2.17. The zero-order chi connectivity index (χ0) is 14.7. The first-order valence-corrected chi connectivity index (χ1v) is 6.95. The van der Waals surface area contributed by atoms with Crippen LogP contribution in [0.5, 0.6) is 5.75 Å². The Balaban J connectivity index is 2.31. The van der Waals surface area contributed by atoms with Gasteiger partial charge in [0.2, 0.25) is 5.82 Å². The molecule has 2 aromatic carbocycles. The van der Waals surface area contributed by atoms with Crippen molar-refractivity contribution in [1.82, 2.24) is 0 Å². The Hall–Kier alpha value is -1.17. The summed E-state index contributed by atoms with van der Waals surface area (Å²) in [6.45, 7) is 0.105. The molecule has 0 saturated heterocycles. The minimum Gasteiger partial charge on any atom is -0.481 e. The molecule has 0 bridgehead atoms. The average molecular weight is 363 g/mol. The van der Waals surface area contributed by atoms with Gasteiger partial charge in [-0.2, -0.15) is 4.39 Å². The fourth-order valence-electron chi connectivity index (χ4n) is 1.73. The first-order chi connectivity index (χ1) is 9.51. The molecule has 0 saturated carbocycles. The lowest BCUT2D eigenvalue weighted by Gasteiger charge is -2.19. The summed E-state index contributed by atoms with van der Waals surface area (Å²) in [5.41, 5.74) is 6.33. The van der Waals surface area contributed by atoms with Crippen molar-refractivity contribution in [3.8, 4) is 5.75 Å². The molecule has 0 heterocycles. The number of hydrogen-bond acceptors (Lipinski definition) is 2. The molecular weight excluding hydrogens is 352 g/mol. The number of halogens is 4. The second kappa shape index (κ2) is 6.52. The third-order valence-corrected chi connectivity index (χ3v) is 3.36. The molecule has 1 atom stereocenters. The van der Waals surface area contributed by atoms with Crippen molar-refractivity contribution in [3.05, 3.63) is 63.1 Å². The van der Waals surface area contributed by atoms with E-state index in [1.807, 2.05) is 0 Å². The third kappa shape index (κ3) is 3.48. The smallest absolute Gasteiger partial charge is 0.200 e. The molecular formula is C14H11BrClF2NO. The fraction of sp³-hybridized carbons (Fsp3) is 0.143. The quantitative estimate of drug-likeness (QED) is 0.815. The molecule has 2 nitrogen and oxygen atoms in total. The van der Waals surface area contributed by atoms with Crippen LogP contribution in [-0.4, -0.2) is 6.54 Å². The second-order valence-electron chi connectivity index (χ2n) is 4.10. The topological polar surface area (TPSA) is 35.2 Å². The summed E-state index contributed by atoms with van der Waals surface area (Å²) in [6.07, 6.45) is -0.614. The van der Waals surface area contributed by atoms with E-state index in [0.717, 1.165) is 6.07 Å². The van der Waals surface area contributed by atoms with Crippen molar-refractivity contribution in [2.45, 2.75) is 6.10 Å². The molecule has 6 heteroatoms. The van der Waals surface area contributed by atoms with Gasteiger partial charge < -0.3 is 10.5 Å². The summed E-state index contributed by atoms with van der Waals surface area (Å²) in [4.78, 5) is 0. The van der Waals surface area contributed by atoms with E-state index in [-0.39, 0.29) is 12.3 Å². The second-order valence-corrected chi connectivity index (χ2v) is 5.45. The van der Waals surface area contributed by atoms with E-state index in [1.54, 1.807) is 24.3 Å². The minimum atomic E-state index is -1.05. The van der Waals surface area contributed by atoms with Crippen LogP contribution in [0.1, 0.15) is 11.7 Å². The van der Waals surface area contributed by atoms with Crippen LogP contribution in [0.25, 0.3) is 0 Å². The minimum absolute atomic E-state index is 0.105. The van der Waals surface area contributed by atoms with Crippen molar-refractivity contribution in [2.75, 3.05) is 6.54 Å². The maximum atomic E-state index is 13.7. The molecule has 106 valence electrons. The van der Waals surface area contributed by atoms with E-state index < -0.39 is 17.7 Å². The zero-order valence-corrected chi connectivity index (χ0v) is 12.6. The van der Waals surface area contributed by atoms with Crippen LogP contribution < -0.4 is 10.5 Å². The van der Waals surface area contributed by atoms with Crippen LogP contribution in [0.15, 0.2) is 40.9 Å². The fourth-order valence-corrected chi connectivity index (χ4v) is 2.34. The Kier molecular flexibility index (Phi) is 4.96. The molecule has 0 aliphatic heterocycles. The molecule has 0 aliphatic rings. The van der Waals surface area contributed by atoms with Crippen LogP contribution in [0.2, 0.25) is 5.02 Å². The molecule has 0 fully saturated rings. The number of benzene rings is 2. The molecule has 0 spiro atoms. The van der Waals surface area contributed by atoms with E-state index in [9.17, 15) is 8.78 Å². The van der Waals surface area contributed by atoms with Gasteiger partial charge in [-0.15, -0.1) is 0 Å². The maximum absolute atomic E-state index is 13.7. The number of ether oxygens (including phenoxy) is 1. The normalized spacial score (nSPS) is 12.2. The monoisotopic (exact) mass is 361 g/mol. The maximum Gasteiger partial charge on any atom is 0.200 e. The lowest BCUT2D eigenvalue weighted by Crippen LogP contribution is -2.19. The summed E-state index contributed by atoms with van der Waals surface area (Å²) in [7, 11) is 0. The standard InChI is InChI=1S/C14H11BrClF2NO/c15-9-5-11(17)14(18)12(6-9)20-13(7-19)8-2-1-3-10(16)4-8/h1-6,13H,7,19H2. The summed E-state index contributed by atoms with van der Waals surface area (Å²) < 4.78 is 32.9. The van der Waals surface area contributed by atoms with Gasteiger partial charge >= 0.3 is 0 Å². The SMILES string of the molecule is NCC(Oc1cc(Br)cc(F)c1F)c1cccc(Cl)c1. The Morgan fingerprint density at radius 3 is 2.65 bits per heavy atom. The average Bonchev–Trinajstić information content (AvgIpc) is 2.41. The van der Waals surface area contributed by atoms with Crippen LogP contribution in [-0.2, 0) is 0 Å². The van der Waals surface area contributed by atoms with Gasteiger partial charge in [0.25, 0.3) is 0 Å². The third-order valence-electron chi connectivity index (χ3n) is 2.66. The molecule has 2 rings (SSSR count). The van der Waals surface area contributed by atoms with Crippen LogP contribution in [0.4, 0.5) is 8.78 Å². The van der Waals surface area contributed by atoms with E-state index in [4.69, 9.17) is 22.1 Å². The van der Waals surface area contributed by atoms with E-state index in [2.05, 4.69) is 15.9 Å². The van der Waals surface area contributed by atoms with E-state index >= 15 is 0 Å². The highest BCUT2D eigenvalue weighted by molar-refractivity contribution is 9.10. The van der Waals surface area contributed by atoms with Gasteiger partial charge in [-0.3, -0.25) is 0 Å². The van der Waals surface area contributed by atoms with Gasteiger partial charge in [0.05, 0.1) is 0 Å². The molecule has 0 amide bonds. The summed E-state index contributed by atoms with van der Waals surface area (Å²) in [6, 6.07) is 9.26. The van der Waals surface area contributed by atoms with Crippen molar-refractivity contribution >= 4 is 27.5 Å². The molecule has 20 heavy (non-hydrogen) atoms. The predicted molar refractivity (Wildman–Crippen MR) is 77.9 cm³/mol. The highest BCUT2D eigenvalue weighted by Crippen LogP contribution is 2.29. The molecule has 0 aromatic heterocycles. The predicted octanol–water partition coefficient (Wildman–Crippen LogP) is 4.46. The number of hydrogen-bond donors (Lipinski definition) is 1. The zero-order valence-electron chi connectivity index (χ0n) is 10.2. The van der Waals surface area contributed by atoms with Crippen LogP contribution in [0, 0.1) is 11.6 Å². The molecule has 1 unspecified atom stereocenters. The number of nitrogens with two attached hydrogens (primary N) is 1. The van der Waals surface area contributed by atoms with Gasteiger partial charge in [-0.25, -0.2) is 4.39 Å². The lowest BCUT2D eigenvalue weighted by molar-refractivity contribution is 0.202. The van der Waals surface area contributed by atoms with Crippen LogP contribution >= 0.6 is 27.5 Å². The molecule has 2 aromatic rings. The van der Waals surface area contributed by atoms with Gasteiger partial charge in [0.1, 0.15) is 6.10 Å². The summed E-state index contributed by atoms with van der Waals surface area (Å²) in [5, 5.41) is 0.519. The van der Waals surface area contributed by atoms with Crippen LogP contribution in [0.3, 0.4) is 0 Å². The van der Waals surface area contributed by atoms with Crippen molar-refractivity contribution in [1.29, 1.82) is 0 Å². The lowest BCUT2D eigenvalue weighted by atomic mass is 10.1. The largest absolute Gasteiger partial charge is 0.481 e. The van der Waals surface area contributed by atoms with Gasteiger partial charge in [-0.1, -0.05) is 39.7 Å². The summed E-state index contributed by atoms with van der Waals surface area (Å²) in [5.74, 6) is -2.24. The highest BCUT2D eigenvalue weighted by atomic mass is 79.9. The Bertz CT molecular complexity index is 624. The van der Waals surface area contributed by atoms with E-state index in [0.29, 0.717) is 15.1 Å². The summed E-state index contributed by atoms with van der Waals surface area (Å²) >= 11 is 8.98. The van der Waals surface area contributed by atoms with Crippen molar-refractivity contribution < 1.29 is 13.5 Å². The first-order valence-electron chi connectivity index (χ1n) is 5.78.